The molecule has 6 atom stereocenters. The van der Waals surface area contributed by atoms with Gasteiger partial charge in [-0.15, -0.1) is 5.53 Å². The van der Waals surface area contributed by atoms with E-state index in [1.807, 2.05) is 19.2 Å². The Labute approximate surface area is 260 Å². The Morgan fingerprint density at radius 1 is 1.18 bits per heavy atom. The fraction of sp³-hybridized carbons (Fsp3) is 0.469. The van der Waals surface area contributed by atoms with Crippen molar-refractivity contribution in [1.29, 1.82) is 0 Å². The van der Waals surface area contributed by atoms with Crippen molar-refractivity contribution >= 4 is 17.6 Å². The summed E-state index contributed by atoms with van der Waals surface area (Å²) in [5.41, 5.74) is 8.97. The minimum absolute atomic E-state index is 0.00467. The molecule has 11 nitrogen and oxygen atoms in total. The number of aliphatic imine (C=N–C) groups is 1. The van der Waals surface area contributed by atoms with Gasteiger partial charge in [-0.05, 0) is 63.4 Å². The Balaban J connectivity index is 1.33. The number of piperidine rings is 1. The molecule has 3 saturated heterocycles. The molecule has 0 spiro atoms. The maximum atomic E-state index is 16.4. The molecule has 0 saturated carbocycles. The predicted octanol–water partition coefficient (Wildman–Crippen LogP) is 2.23. The summed E-state index contributed by atoms with van der Waals surface area (Å²) >= 11 is 0. The van der Waals surface area contributed by atoms with Gasteiger partial charge in [-0.25, -0.2) is 18.8 Å². The Bertz CT molecular complexity index is 1630. The third-order valence-electron chi connectivity index (χ3n) is 10.1. The van der Waals surface area contributed by atoms with Crippen molar-refractivity contribution in [3.05, 3.63) is 71.6 Å². The summed E-state index contributed by atoms with van der Waals surface area (Å²) in [5, 5.41) is 5.86. The van der Waals surface area contributed by atoms with E-state index in [2.05, 4.69) is 44.6 Å². The lowest BCUT2D eigenvalue weighted by Gasteiger charge is -2.56. The van der Waals surface area contributed by atoms with E-state index >= 15 is 8.78 Å². The van der Waals surface area contributed by atoms with Gasteiger partial charge in [-0.2, -0.15) is 0 Å². The highest BCUT2D eigenvalue weighted by Crippen LogP contribution is 2.43. The molecule has 8 rings (SSSR count). The van der Waals surface area contributed by atoms with Crippen molar-refractivity contribution in [3.63, 3.8) is 0 Å². The quantitative estimate of drug-likeness (QED) is 0.416. The highest BCUT2D eigenvalue weighted by atomic mass is 19.1. The highest BCUT2D eigenvalue weighted by Gasteiger charge is 2.53. The maximum absolute atomic E-state index is 16.4. The monoisotopic (exact) mass is 617 g/mol. The van der Waals surface area contributed by atoms with Gasteiger partial charge in [-0.3, -0.25) is 9.80 Å². The van der Waals surface area contributed by atoms with Crippen molar-refractivity contribution in [1.82, 2.24) is 36.1 Å². The number of rotatable bonds is 1. The second kappa shape index (κ2) is 10.8. The first-order chi connectivity index (χ1) is 21.8. The number of hydrazine groups is 2. The topological polar surface area (TPSA) is 101 Å². The van der Waals surface area contributed by atoms with E-state index in [0.717, 1.165) is 18.7 Å². The zero-order chi connectivity index (χ0) is 31.0. The van der Waals surface area contributed by atoms with E-state index in [0.29, 0.717) is 55.3 Å². The molecule has 1 aromatic carbocycles. The van der Waals surface area contributed by atoms with Crippen molar-refractivity contribution < 1.29 is 18.3 Å². The van der Waals surface area contributed by atoms with Gasteiger partial charge in [0.15, 0.2) is 0 Å². The summed E-state index contributed by atoms with van der Waals surface area (Å²) in [4.78, 5) is 28.5. The number of pyridine rings is 1. The van der Waals surface area contributed by atoms with Crippen LogP contribution in [-0.2, 0) is 16.0 Å². The van der Waals surface area contributed by atoms with E-state index in [1.165, 1.54) is 18.2 Å². The van der Waals surface area contributed by atoms with Gasteiger partial charge in [0, 0.05) is 43.1 Å². The molecular formula is C32H37F2N9O2. The lowest BCUT2D eigenvalue weighted by molar-refractivity contribution is -0.128. The molecule has 0 radical (unpaired) electrons. The molecule has 13 heteroatoms. The highest BCUT2D eigenvalue weighted by molar-refractivity contribution is 6.05. The van der Waals surface area contributed by atoms with Crippen molar-refractivity contribution in [2.45, 2.75) is 69.7 Å². The number of benzene rings is 1. The Hall–Kier alpha value is -4.07. The fourth-order valence-corrected chi connectivity index (χ4v) is 7.98. The number of aryl methyl sites for hydroxylation is 1. The van der Waals surface area contributed by atoms with Crippen LogP contribution in [0.25, 0.3) is 11.3 Å². The van der Waals surface area contributed by atoms with Crippen LogP contribution in [0, 0.1) is 11.6 Å². The molecule has 2 bridgehead atoms. The molecular weight excluding hydrogens is 580 g/mol. The molecule has 45 heavy (non-hydrogen) atoms. The number of allylic oxidation sites excluding steroid dienone is 1. The second-order valence-corrected chi connectivity index (χ2v) is 12.6. The number of ether oxygens (including phenoxy) is 1. The number of nitrogens with zero attached hydrogens (tertiary/aromatic N) is 6. The third-order valence-corrected chi connectivity index (χ3v) is 10.1. The zero-order valence-corrected chi connectivity index (χ0v) is 25.3. The molecule has 5 unspecified atom stereocenters. The molecule has 3 fully saturated rings. The van der Waals surface area contributed by atoms with Crippen molar-refractivity contribution in [3.8, 4) is 11.3 Å². The van der Waals surface area contributed by atoms with E-state index in [9.17, 15) is 4.79 Å². The number of carbonyl (C=O) groups excluding carboxylic acids is 1. The SMILES string of the molecule is C=CC(=O)N1CCN(C2=NC3OC(C)C4NCCC5C4N3c3nc(c(F)cc32)-c2c(F)cccc2CCC2=CNNN25)[C@@H](C)C1. The third kappa shape index (κ3) is 4.43. The standard InChI is InChI=1S/C32H37F2N9O2/c1-4-25(44)40-12-13-41(17(2)16-40)30-21-14-23(34)28-26-19(6-5-7-22(26)33)8-9-20-15-36-39-43(20)24-10-11-35-27-18(3)45-32(38-30)42(29(24)27)31(21)37-28/h4-7,14-15,17-18,24,27,29,32,35-36,39H,1,8-13,16H2,2-3H3/t17-,18?,24?,27?,29?,32?/m0/s1. The summed E-state index contributed by atoms with van der Waals surface area (Å²) in [7, 11) is 0. The average Bonchev–Trinajstić information content (AvgIpc) is 3.51. The molecule has 0 aliphatic carbocycles. The summed E-state index contributed by atoms with van der Waals surface area (Å²) in [5.74, 6) is -0.163. The van der Waals surface area contributed by atoms with Gasteiger partial charge in [-0.1, -0.05) is 18.7 Å². The number of anilines is 1. The molecule has 6 aliphatic rings. The minimum atomic E-state index is -0.733. The minimum Gasteiger partial charge on any atom is -0.350 e. The molecule has 7 heterocycles. The number of nitrogens with one attached hydrogen (secondary N) is 3. The lowest BCUT2D eigenvalue weighted by atomic mass is 9.85. The fourth-order valence-electron chi connectivity index (χ4n) is 7.98. The normalized spacial score (nSPS) is 30.2. The van der Waals surface area contributed by atoms with Gasteiger partial charge in [0.25, 0.3) is 0 Å². The Kier molecular flexibility index (Phi) is 6.80. The van der Waals surface area contributed by atoms with Gasteiger partial charge >= 0.3 is 0 Å². The van der Waals surface area contributed by atoms with E-state index < -0.39 is 18.0 Å². The van der Waals surface area contributed by atoms with Crippen molar-refractivity contribution in [2.24, 2.45) is 4.99 Å². The number of fused-ring (bicyclic) bond motifs is 5. The largest absolute Gasteiger partial charge is 0.350 e. The molecule has 2 aromatic rings. The van der Waals surface area contributed by atoms with Crippen LogP contribution >= 0.6 is 0 Å². The van der Waals surface area contributed by atoms with E-state index in [1.54, 1.807) is 11.0 Å². The van der Waals surface area contributed by atoms with Crippen LogP contribution in [0.2, 0.25) is 0 Å². The first-order valence-corrected chi connectivity index (χ1v) is 15.7. The van der Waals surface area contributed by atoms with Crippen LogP contribution in [0.1, 0.15) is 37.8 Å². The van der Waals surface area contributed by atoms with Crippen LogP contribution in [0.5, 0.6) is 0 Å². The van der Waals surface area contributed by atoms with Crippen LogP contribution in [0.15, 0.2) is 53.8 Å². The number of hydrogen-bond acceptors (Lipinski definition) is 10. The van der Waals surface area contributed by atoms with Gasteiger partial charge < -0.3 is 30.2 Å². The summed E-state index contributed by atoms with van der Waals surface area (Å²) < 4.78 is 38.7. The number of amides is 1. The first kappa shape index (κ1) is 28.4. The van der Waals surface area contributed by atoms with Crippen LogP contribution in [-0.4, -0.2) is 94.3 Å². The number of halogens is 2. The zero-order valence-electron chi connectivity index (χ0n) is 25.3. The first-order valence-electron chi connectivity index (χ1n) is 15.7. The molecule has 1 amide bonds. The number of hydrogen-bond donors (Lipinski definition) is 3. The van der Waals surface area contributed by atoms with Crippen LogP contribution in [0.3, 0.4) is 0 Å². The van der Waals surface area contributed by atoms with Gasteiger partial charge in [0.2, 0.25) is 12.3 Å². The summed E-state index contributed by atoms with van der Waals surface area (Å²) in [6.45, 7) is 9.95. The van der Waals surface area contributed by atoms with Crippen LogP contribution < -0.4 is 21.2 Å². The Morgan fingerprint density at radius 3 is 2.87 bits per heavy atom. The molecule has 1 aromatic heterocycles. The number of carbonyl (C=O) groups is 1. The molecule has 236 valence electrons. The number of amidine groups is 1. The average molecular weight is 618 g/mol. The number of piperazine rings is 1. The molecule has 6 aliphatic heterocycles. The smallest absolute Gasteiger partial charge is 0.246 e. The summed E-state index contributed by atoms with van der Waals surface area (Å²) in [6.07, 6.45) is 4.34. The van der Waals surface area contributed by atoms with E-state index in [4.69, 9.17) is 14.7 Å². The van der Waals surface area contributed by atoms with Crippen molar-refractivity contribution in [2.75, 3.05) is 31.1 Å². The summed E-state index contributed by atoms with van der Waals surface area (Å²) in [6, 6.07) is 6.01. The number of aromatic nitrogens is 1. The lowest BCUT2D eigenvalue weighted by Crippen LogP contribution is -2.74. The maximum Gasteiger partial charge on any atom is 0.246 e. The molecule has 3 N–H and O–H groups in total. The van der Waals surface area contributed by atoms with Gasteiger partial charge in [0.05, 0.1) is 29.8 Å². The second-order valence-electron chi connectivity index (χ2n) is 12.6. The van der Waals surface area contributed by atoms with Gasteiger partial charge in [0.1, 0.15) is 29.0 Å². The predicted molar refractivity (Wildman–Crippen MR) is 164 cm³/mol. The van der Waals surface area contributed by atoms with Crippen LogP contribution in [0.4, 0.5) is 14.6 Å². The Morgan fingerprint density at radius 2 is 2.04 bits per heavy atom. The van der Waals surface area contributed by atoms with E-state index in [-0.39, 0.29) is 47.4 Å².